The van der Waals surface area contributed by atoms with Gasteiger partial charge in [0.1, 0.15) is 5.78 Å². The Hall–Kier alpha value is -0.410. The molecule has 2 aliphatic rings. The molecular weight excluding hydrogens is 214 g/mol. The van der Waals surface area contributed by atoms with E-state index in [2.05, 4.69) is 11.8 Å². The van der Waals surface area contributed by atoms with E-state index in [1.807, 2.05) is 0 Å². The highest BCUT2D eigenvalue weighted by atomic mass is 16.5. The van der Waals surface area contributed by atoms with Crippen LogP contribution in [0.3, 0.4) is 0 Å². The number of hydrogen-bond donors (Lipinski definition) is 0. The second-order valence-electron chi connectivity index (χ2n) is 5.47. The Morgan fingerprint density at radius 3 is 2.47 bits per heavy atom. The van der Waals surface area contributed by atoms with Crippen LogP contribution in [0.25, 0.3) is 0 Å². The van der Waals surface area contributed by atoms with Crippen molar-refractivity contribution in [2.75, 3.05) is 26.3 Å². The Kier molecular flexibility index (Phi) is 4.57. The minimum absolute atomic E-state index is 0.313. The smallest absolute Gasteiger partial charge is 0.133 e. The number of ketones is 1. The average molecular weight is 239 g/mol. The van der Waals surface area contributed by atoms with Gasteiger partial charge in [0.2, 0.25) is 0 Å². The molecule has 1 heterocycles. The van der Waals surface area contributed by atoms with Crippen molar-refractivity contribution < 1.29 is 9.53 Å². The van der Waals surface area contributed by atoms with Gasteiger partial charge >= 0.3 is 0 Å². The molecule has 2 fully saturated rings. The third-order valence-electron chi connectivity index (χ3n) is 4.42. The molecule has 3 nitrogen and oxygen atoms in total. The lowest BCUT2D eigenvalue weighted by Crippen LogP contribution is -2.55. The highest BCUT2D eigenvalue weighted by molar-refractivity contribution is 5.79. The lowest BCUT2D eigenvalue weighted by Gasteiger charge is -2.48. The molecule has 0 spiro atoms. The zero-order valence-corrected chi connectivity index (χ0v) is 11.0. The van der Waals surface area contributed by atoms with Gasteiger partial charge < -0.3 is 4.74 Å². The van der Waals surface area contributed by atoms with Crippen molar-refractivity contribution in [3.05, 3.63) is 0 Å². The molecular formula is C14H25NO2. The normalized spacial score (nSPS) is 26.1. The van der Waals surface area contributed by atoms with Gasteiger partial charge in [-0.25, -0.2) is 0 Å². The van der Waals surface area contributed by atoms with Crippen molar-refractivity contribution in [3.63, 3.8) is 0 Å². The summed E-state index contributed by atoms with van der Waals surface area (Å²) >= 11 is 0. The summed E-state index contributed by atoms with van der Waals surface area (Å²) in [4.78, 5) is 14.1. The molecule has 0 radical (unpaired) electrons. The van der Waals surface area contributed by atoms with Gasteiger partial charge in [0, 0.05) is 31.5 Å². The SMILES string of the molecule is CCCCC1(N2CCOCC2)CCC(=O)CC1. The topological polar surface area (TPSA) is 29.5 Å². The molecule has 0 amide bonds. The van der Waals surface area contributed by atoms with Gasteiger partial charge in [0.15, 0.2) is 0 Å². The quantitative estimate of drug-likeness (QED) is 0.754. The molecule has 0 N–H and O–H groups in total. The van der Waals surface area contributed by atoms with Gasteiger partial charge in [-0.05, 0) is 19.3 Å². The molecule has 98 valence electrons. The average Bonchev–Trinajstić information content (AvgIpc) is 2.40. The van der Waals surface area contributed by atoms with E-state index in [1.165, 1.54) is 19.3 Å². The monoisotopic (exact) mass is 239 g/mol. The van der Waals surface area contributed by atoms with Crippen LogP contribution in [0.1, 0.15) is 51.9 Å². The first kappa shape index (κ1) is 13.0. The van der Waals surface area contributed by atoms with Gasteiger partial charge in [-0.3, -0.25) is 9.69 Å². The number of rotatable bonds is 4. The largest absolute Gasteiger partial charge is 0.379 e. The minimum atomic E-state index is 0.313. The number of hydrogen-bond acceptors (Lipinski definition) is 3. The molecule has 0 aromatic heterocycles. The molecule has 17 heavy (non-hydrogen) atoms. The molecule has 1 aliphatic carbocycles. The molecule has 3 heteroatoms. The maximum absolute atomic E-state index is 11.5. The number of nitrogens with zero attached hydrogens (tertiary/aromatic N) is 1. The molecule has 0 bridgehead atoms. The first-order valence-electron chi connectivity index (χ1n) is 7.11. The van der Waals surface area contributed by atoms with E-state index < -0.39 is 0 Å². The fraction of sp³-hybridized carbons (Fsp3) is 0.929. The molecule has 0 aromatic rings. The Morgan fingerprint density at radius 1 is 1.24 bits per heavy atom. The zero-order valence-electron chi connectivity index (χ0n) is 11.0. The summed E-state index contributed by atoms with van der Waals surface area (Å²) in [7, 11) is 0. The van der Waals surface area contributed by atoms with Crippen LogP contribution in [0.5, 0.6) is 0 Å². The lowest BCUT2D eigenvalue weighted by atomic mass is 9.76. The molecule has 0 aromatic carbocycles. The van der Waals surface area contributed by atoms with Crippen molar-refractivity contribution >= 4 is 5.78 Å². The molecule has 0 atom stereocenters. The van der Waals surface area contributed by atoms with E-state index in [-0.39, 0.29) is 0 Å². The van der Waals surface area contributed by atoms with Crippen molar-refractivity contribution in [3.8, 4) is 0 Å². The summed E-state index contributed by atoms with van der Waals surface area (Å²) in [6, 6.07) is 0. The third-order valence-corrected chi connectivity index (χ3v) is 4.42. The highest BCUT2D eigenvalue weighted by Gasteiger charge is 2.39. The fourth-order valence-electron chi connectivity index (χ4n) is 3.26. The first-order valence-corrected chi connectivity index (χ1v) is 7.11. The summed E-state index contributed by atoms with van der Waals surface area (Å²) in [6.45, 7) is 6.08. The maximum atomic E-state index is 11.5. The maximum Gasteiger partial charge on any atom is 0.133 e. The fourth-order valence-corrected chi connectivity index (χ4v) is 3.26. The second kappa shape index (κ2) is 5.96. The van der Waals surface area contributed by atoms with E-state index in [0.717, 1.165) is 52.0 Å². The van der Waals surface area contributed by atoms with Crippen molar-refractivity contribution in [1.82, 2.24) is 4.90 Å². The molecule has 1 saturated heterocycles. The van der Waals surface area contributed by atoms with Crippen molar-refractivity contribution in [2.45, 2.75) is 57.4 Å². The van der Waals surface area contributed by atoms with Gasteiger partial charge in [0.25, 0.3) is 0 Å². The van der Waals surface area contributed by atoms with Crippen LogP contribution in [0, 0.1) is 0 Å². The third kappa shape index (κ3) is 3.08. The first-order chi connectivity index (χ1) is 8.27. The van der Waals surface area contributed by atoms with Gasteiger partial charge in [-0.15, -0.1) is 0 Å². The number of unbranched alkanes of at least 4 members (excludes halogenated alkanes) is 1. The number of ether oxygens (including phenoxy) is 1. The Morgan fingerprint density at radius 2 is 1.88 bits per heavy atom. The summed E-state index contributed by atoms with van der Waals surface area (Å²) in [6.07, 6.45) is 7.53. The van der Waals surface area contributed by atoms with Gasteiger partial charge in [-0.2, -0.15) is 0 Å². The molecule has 1 saturated carbocycles. The van der Waals surface area contributed by atoms with Crippen molar-refractivity contribution in [1.29, 1.82) is 0 Å². The van der Waals surface area contributed by atoms with Crippen LogP contribution in [-0.2, 0) is 9.53 Å². The predicted molar refractivity (Wildman–Crippen MR) is 68.1 cm³/mol. The number of carbonyl (C=O) groups excluding carboxylic acids is 1. The Bertz CT molecular complexity index is 249. The van der Waals surface area contributed by atoms with Gasteiger partial charge in [0.05, 0.1) is 13.2 Å². The Balaban J connectivity index is 2.02. The zero-order chi connectivity index (χ0) is 12.1. The van der Waals surface area contributed by atoms with E-state index in [1.54, 1.807) is 0 Å². The standard InChI is InChI=1S/C14H25NO2/c1-2-3-6-14(7-4-13(16)5-8-14)15-9-11-17-12-10-15/h2-12H2,1H3. The van der Waals surface area contributed by atoms with E-state index >= 15 is 0 Å². The Labute approximate surface area is 105 Å². The molecule has 0 unspecified atom stereocenters. The highest BCUT2D eigenvalue weighted by Crippen LogP contribution is 2.37. The summed E-state index contributed by atoms with van der Waals surface area (Å²) in [5.41, 5.74) is 0.313. The number of carbonyl (C=O) groups is 1. The van der Waals surface area contributed by atoms with Gasteiger partial charge in [-0.1, -0.05) is 19.8 Å². The summed E-state index contributed by atoms with van der Waals surface area (Å²) < 4.78 is 5.45. The minimum Gasteiger partial charge on any atom is -0.379 e. The second-order valence-corrected chi connectivity index (χ2v) is 5.47. The van der Waals surface area contributed by atoms with Crippen LogP contribution >= 0.6 is 0 Å². The molecule has 1 aliphatic heterocycles. The van der Waals surface area contributed by atoms with Crippen LogP contribution < -0.4 is 0 Å². The van der Waals surface area contributed by atoms with Crippen LogP contribution in [0.4, 0.5) is 0 Å². The van der Waals surface area contributed by atoms with Crippen LogP contribution in [0.2, 0.25) is 0 Å². The van der Waals surface area contributed by atoms with Crippen LogP contribution in [0.15, 0.2) is 0 Å². The lowest BCUT2D eigenvalue weighted by molar-refractivity contribution is -0.124. The van der Waals surface area contributed by atoms with E-state index in [0.29, 0.717) is 11.3 Å². The summed E-state index contributed by atoms with van der Waals surface area (Å²) in [5, 5.41) is 0. The predicted octanol–water partition coefficient (Wildman–Crippen LogP) is 2.39. The summed E-state index contributed by atoms with van der Waals surface area (Å²) in [5.74, 6) is 0.463. The van der Waals surface area contributed by atoms with Crippen molar-refractivity contribution in [2.24, 2.45) is 0 Å². The number of morpholine rings is 1. The molecule has 2 rings (SSSR count). The van der Waals surface area contributed by atoms with E-state index in [4.69, 9.17) is 4.74 Å². The van der Waals surface area contributed by atoms with E-state index in [9.17, 15) is 4.79 Å². The van der Waals surface area contributed by atoms with Crippen LogP contribution in [-0.4, -0.2) is 42.5 Å². The number of Topliss-reactive ketones (excluding diaryl/α,β-unsaturated/α-hetero) is 1.